The van der Waals surface area contributed by atoms with Gasteiger partial charge in [0.15, 0.2) is 0 Å². The van der Waals surface area contributed by atoms with Crippen molar-refractivity contribution < 1.29 is 9.59 Å². The van der Waals surface area contributed by atoms with Crippen LogP contribution in [0.3, 0.4) is 0 Å². The first-order valence-corrected chi connectivity index (χ1v) is 9.52. The molecule has 0 bridgehead atoms. The highest BCUT2D eigenvalue weighted by molar-refractivity contribution is 8.00. The van der Waals surface area contributed by atoms with Gasteiger partial charge in [-0.1, -0.05) is 34.8 Å². The molecule has 0 saturated heterocycles. The maximum absolute atomic E-state index is 12.0. The molecule has 0 aliphatic heterocycles. The second kappa shape index (κ2) is 9.34. The van der Waals surface area contributed by atoms with Crippen LogP contribution < -0.4 is 10.6 Å². The maximum atomic E-state index is 12.0. The second-order valence-corrected chi connectivity index (χ2v) is 7.44. The van der Waals surface area contributed by atoms with Gasteiger partial charge < -0.3 is 10.6 Å². The molecule has 0 fully saturated rings. The third-order valence-corrected chi connectivity index (χ3v) is 4.86. The highest BCUT2D eigenvalue weighted by atomic mass is 35.5. The summed E-state index contributed by atoms with van der Waals surface area (Å²) in [6, 6.07) is 10.0. The molecule has 2 rings (SSSR count). The van der Waals surface area contributed by atoms with Crippen LogP contribution in [-0.2, 0) is 9.59 Å². The van der Waals surface area contributed by atoms with Gasteiger partial charge >= 0.3 is 0 Å². The number of hydrogen-bond acceptors (Lipinski definition) is 3. The number of hydrogen-bond donors (Lipinski definition) is 2. The van der Waals surface area contributed by atoms with Crippen LogP contribution in [0.25, 0.3) is 0 Å². The number of halogens is 3. The van der Waals surface area contributed by atoms with Crippen LogP contribution in [0.2, 0.25) is 15.1 Å². The van der Waals surface area contributed by atoms with E-state index in [9.17, 15) is 9.59 Å². The average Bonchev–Trinajstić information content (AvgIpc) is 2.53. The Morgan fingerprint density at radius 2 is 1.44 bits per heavy atom. The van der Waals surface area contributed by atoms with Gasteiger partial charge in [0, 0.05) is 15.7 Å². The molecule has 0 spiro atoms. The van der Waals surface area contributed by atoms with E-state index in [4.69, 9.17) is 34.8 Å². The third-order valence-electron chi connectivity index (χ3n) is 3.13. The quantitative estimate of drug-likeness (QED) is 0.673. The Morgan fingerprint density at radius 1 is 0.880 bits per heavy atom. The van der Waals surface area contributed by atoms with Crippen LogP contribution in [0.1, 0.15) is 5.56 Å². The Labute approximate surface area is 165 Å². The molecule has 0 aliphatic rings. The second-order valence-electron chi connectivity index (χ2n) is 5.17. The highest BCUT2D eigenvalue weighted by Crippen LogP contribution is 2.25. The molecule has 4 nitrogen and oxygen atoms in total. The van der Waals surface area contributed by atoms with Crippen LogP contribution in [0.5, 0.6) is 0 Å². The number of aryl methyl sites for hydroxylation is 1. The van der Waals surface area contributed by atoms with Crippen molar-refractivity contribution in [3.63, 3.8) is 0 Å². The van der Waals surface area contributed by atoms with Crippen molar-refractivity contribution in [3.05, 3.63) is 57.0 Å². The number of carbonyl (C=O) groups is 2. The van der Waals surface area contributed by atoms with Crippen molar-refractivity contribution in [1.82, 2.24) is 0 Å². The Morgan fingerprint density at radius 3 is 2.08 bits per heavy atom. The Bertz CT molecular complexity index is 799. The molecular weight excluding hydrogens is 403 g/mol. The molecule has 2 amide bonds. The minimum absolute atomic E-state index is 0.121. The lowest BCUT2D eigenvalue weighted by atomic mass is 10.2. The molecule has 2 N–H and O–H groups in total. The molecule has 0 unspecified atom stereocenters. The van der Waals surface area contributed by atoms with Gasteiger partial charge in [0.05, 0.1) is 22.2 Å². The fourth-order valence-electron chi connectivity index (χ4n) is 1.97. The predicted octanol–water partition coefficient (Wildman–Crippen LogP) is 5.27. The molecule has 2 aromatic carbocycles. The van der Waals surface area contributed by atoms with E-state index in [0.29, 0.717) is 26.4 Å². The average molecular weight is 418 g/mol. The van der Waals surface area contributed by atoms with Crippen molar-refractivity contribution in [2.45, 2.75) is 6.92 Å². The zero-order chi connectivity index (χ0) is 18.4. The number of thioether (sulfide) groups is 1. The van der Waals surface area contributed by atoms with Crippen LogP contribution in [0.15, 0.2) is 36.4 Å². The van der Waals surface area contributed by atoms with Crippen molar-refractivity contribution in [3.8, 4) is 0 Å². The number of anilines is 2. The lowest BCUT2D eigenvalue weighted by Crippen LogP contribution is -2.19. The molecule has 8 heteroatoms. The SMILES string of the molecule is Cc1cc(Cl)ccc1NC(=O)CSCC(=O)Nc1cc(Cl)ccc1Cl. The molecule has 0 heterocycles. The van der Waals surface area contributed by atoms with E-state index in [1.807, 2.05) is 6.92 Å². The van der Waals surface area contributed by atoms with Crippen LogP contribution in [0.4, 0.5) is 11.4 Å². The van der Waals surface area contributed by atoms with Gasteiger partial charge in [-0.2, -0.15) is 0 Å². The summed E-state index contributed by atoms with van der Waals surface area (Å²) in [5.41, 5.74) is 2.02. The molecule has 25 heavy (non-hydrogen) atoms. The standard InChI is InChI=1S/C17H15Cl3N2O2S/c1-10-6-11(18)3-5-14(10)21-16(23)8-25-9-17(24)22-15-7-12(19)2-4-13(15)20/h2-7H,8-9H2,1H3,(H,21,23)(H,22,24). The van der Waals surface area contributed by atoms with Gasteiger partial charge in [-0.05, 0) is 48.9 Å². The molecule has 0 radical (unpaired) electrons. The summed E-state index contributed by atoms with van der Waals surface area (Å²) in [6.07, 6.45) is 0. The smallest absolute Gasteiger partial charge is 0.234 e. The summed E-state index contributed by atoms with van der Waals surface area (Å²) in [5.74, 6) is -0.178. The molecule has 0 aromatic heterocycles. The van der Waals surface area contributed by atoms with Gasteiger partial charge in [-0.15, -0.1) is 11.8 Å². The minimum Gasteiger partial charge on any atom is -0.325 e. The topological polar surface area (TPSA) is 58.2 Å². The van der Waals surface area contributed by atoms with Crippen molar-refractivity contribution in [1.29, 1.82) is 0 Å². The van der Waals surface area contributed by atoms with Crippen molar-refractivity contribution in [2.75, 3.05) is 22.1 Å². The van der Waals surface area contributed by atoms with E-state index >= 15 is 0 Å². The molecular formula is C17H15Cl3N2O2S. The van der Waals surface area contributed by atoms with Crippen molar-refractivity contribution >= 4 is 69.8 Å². The summed E-state index contributed by atoms with van der Waals surface area (Å²) in [7, 11) is 0. The molecule has 0 saturated carbocycles. The fraction of sp³-hybridized carbons (Fsp3) is 0.176. The van der Waals surface area contributed by atoms with Gasteiger partial charge in [-0.25, -0.2) is 0 Å². The summed E-state index contributed by atoms with van der Waals surface area (Å²) >= 11 is 18.9. The van der Waals surface area contributed by atoms with Crippen LogP contribution >= 0.6 is 46.6 Å². The van der Waals surface area contributed by atoms with Gasteiger partial charge in [-0.3, -0.25) is 9.59 Å². The minimum atomic E-state index is -0.260. The maximum Gasteiger partial charge on any atom is 0.234 e. The van der Waals surface area contributed by atoms with Crippen LogP contribution in [0, 0.1) is 6.92 Å². The Balaban J connectivity index is 1.78. The van der Waals surface area contributed by atoms with Gasteiger partial charge in [0.1, 0.15) is 0 Å². The third kappa shape index (κ3) is 6.44. The largest absolute Gasteiger partial charge is 0.325 e. The van der Waals surface area contributed by atoms with E-state index in [2.05, 4.69) is 10.6 Å². The molecule has 0 atom stereocenters. The summed E-state index contributed by atoms with van der Waals surface area (Å²) < 4.78 is 0. The van der Waals surface area contributed by atoms with Gasteiger partial charge in [0.2, 0.25) is 11.8 Å². The van der Waals surface area contributed by atoms with Crippen LogP contribution in [-0.4, -0.2) is 23.3 Å². The molecule has 0 aliphatic carbocycles. The number of amides is 2. The Hall–Kier alpha value is -1.40. The Kier molecular flexibility index (Phi) is 7.44. The highest BCUT2D eigenvalue weighted by Gasteiger charge is 2.10. The first kappa shape index (κ1) is 19.9. The monoisotopic (exact) mass is 416 g/mol. The van der Waals surface area contributed by atoms with E-state index in [1.54, 1.807) is 36.4 Å². The summed E-state index contributed by atoms with van der Waals surface area (Å²) in [5, 5.41) is 6.95. The van der Waals surface area contributed by atoms with E-state index in [1.165, 1.54) is 11.8 Å². The predicted molar refractivity (Wildman–Crippen MR) is 107 cm³/mol. The lowest BCUT2D eigenvalue weighted by Gasteiger charge is -2.09. The zero-order valence-electron chi connectivity index (χ0n) is 13.2. The zero-order valence-corrected chi connectivity index (χ0v) is 16.3. The molecule has 132 valence electrons. The van der Waals surface area contributed by atoms with E-state index in [-0.39, 0.29) is 23.3 Å². The normalized spacial score (nSPS) is 10.4. The number of nitrogens with one attached hydrogen (secondary N) is 2. The lowest BCUT2D eigenvalue weighted by molar-refractivity contribution is -0.114. The number of benzene rings is 2. The fourth-order valence-corrected chi connectivity index (χ4v) is 3.15. The number of carbonyl (C=O) groups excluding carboxylic acids is 2. The summed E-state index contributed by atoms with van der Waals surface area (Å²) in [6.45, 7) is 1.86. The van der Waals surface area contributed by atoms with E-state index < -0.39 is 0 Å². The molecule has 2 aromatic rings. The first-order chi connectivity index (χ1) is 11.8. The first-order valence-electron chi connectivity index (χ1n) is 7.24. The summed E-state index contributed by atoms with van der Waals surface area (Å²) in [4.78, 5) is 23.9. The van der Waals surface area contributed by atoms with Crippen molar-refractivity contribution in [2.24, 2.45) is 0 Å². The van der Waals surface area contributed by atoms with E-state index in [0.717, 1.165) is 5.56 Å². The van der Waals surface area contributed by atoms with Gasteiger partial charge in [0.25, 0.3) is 0 Å². The number of rotatable bonds is 6.